The molecule has 2 heterocycles. The van der Waals surface area contributed by atoms with E-state index in [1.807, 2.05) is 18.2 Å². The number of carbonyl (C=O) groups excluding carboxylic acids is 3. The van der Waals surface area contributed by atoms with Crippen molar-refractivity contribution >= 4 is 27.8 Å². The van der Waals surface area contributed by atoms with Crippen LogP contribution in [0.4, 0.5) is 0 Å². The number of sulfonamides is 1. The van der Waals surface area contributed by atoms with E-state index >= 15 is 0 Å². The number of carbonyl (C=O) groups is 3. The Labute approximate surface area is 208 Å². The Hall–Kier alpha value is -3.96. The van der Waals surface area contributed by atoms with Crippen molar-refractivity contribution in [3.05, 3.63) is 89.9 Å². The predicted octanol–water partition coefficient (Wildman–Crippen LogP) is 1.90. The summed E-state index contributed by atoms with van der Waals surface area (Å²) < 4.78 is 38.0. The molecule has 0 unspecified atom stereocenters. The summed E-state index contributed by atoms with van der Waals surface area (Å²) in [4.78, 5) is 40.3. The molecule has 1 saturated heterocycles. The average Bonchev–Trinajstić information content (AvgIpc) is 3.46. The van der Waals surface area contributed by atoms with Crippen LogP contribution in [-0.2, 0) is 26.1 Å². The molecule has 4 rings (SSSR count). The lowest BCUT2D eigenvalue weighted by molar-refractivity contribution is -0.136. The van der Waals surface area contributed by atoms with Crippen LogP contribution in [0.15, 0.2) is 82.3 Å². The summed E-state index contributed by atoms with van der Waals surface area (Å²) >= 11 is 0. The Morgan fingerprint density at radius 2 is 1.61 bits per heavy atom. The van der Waals surface area contributed by atoms with E-state index < -0.39 is 28.5 Å². The van der Waals surface area contributed by atoms with E-state index in [-0.39, 0.29) is 28.7 Å². The van der Waals surface area contributed by atoms with Crippen molar-refractivity contribution in [1.82, 2.24) is 14.5 Å². The summed E-state index contributed by atoms with van der Waals surface area (Å²) in [5, 5.41) is 0. The monoisotopic (exact) mass is 511 g/mol. The second kappa shape index (κ2) is 11.2. The van der Waals surface area contributed by atoms with Gasteiger partial charge in [-0.15, -0.1) is 0 Å². The lowest BCUT2D eigenvalue weighted by Crippen LogP contribution is -2.51. The first-order chi connectivity index (χ1) is 17.3. The molecule has 1 aliphatic heterocycles. The maximum Gasteiger partial charge on any atom is 0.338 e. The molecule has 10 nitrogen and oxygen atoms in total. The van der Waals surface area contributed by atoms with E-state index in [9.17, 15) is 22.8 Å². The van der Waals surface area contributed by atoms with Gasteiger partial charge in [0, 0.05) is 32.7 Å². The van der Waals surface area contributed by atoms with Crippen molar-refractivity contribution in [3.63, 3.8) is 0 Å². The number of amides is 2. The molecule has 1 N–H and O–H groups in total. The number of piperazine rings is 1. The number of ether oxygens (including phenoxy) is 1. The number of nitrogens with one attached hydrogen (secondary N) is 1. The van der Waals surface area contributed by atoms with Crippen molar-refractivity contribution in [1.29, 1.82) is 0 Å². The largest absolute Gasteiger partial charge is 0.459 e. The highest BCUT2D eigenvalue weighted by molar-refractivity contribution is 7.89. The van der Waals surface area contributed by atoms with Gasteiger partial charge in [0.05, 0.1) is 16.7 Å². The second-order valence-electron chi connectivity index (χ2n) is 8.06. The SMILES string of the molecule is O=C(OCC(=O)N1CCN(C(=O)c2ccco2)CC1)c1cccc(S(=O)(=O)NCc2ccccc2)c1. The zero-order chi connectivity index (χ0) is 25.5. The molecular formula is C25H25N3O7S. The molecule has 1 aliphatic rings. The van der Waals surface area contributed by atoms with Gasteiger partial charge in [0.2, 0.25) is 10.0 Å². The molecule has 188 valence electrons. The fourth-order valence-corrected chi connectivity index (χ4v) is 4.73. The number of esters is 1. The van der Waals surface area contributed by atoms with Crippen LogP contribution in [0.1, 0.15) is 26.5 Å². The summed E-state index contributed by atoms with van der Waals surface area (Å²) in [5.41, 5.74) is 0.806. The molecule has 0 aliphatic carbocycles. The summed E-state index contributed by atoms with van der Waals surface area (Å²) in [5.74, 6) is -1.22. The first-order valence-corrected chi connectivity index (χ1v) is 12.7. The summed E-state index contributed by atoms with van der Waals surface area (Å²) in [6, 6.07) is 17.7. The summed E-state index contributed by atoms with van der Waals surface area (Å²) in [7, 11) is -3.86. The van der Waals surface area contributed by atoms with Crippen LogP contribution in [0.5, 0.6) is 0 Å². The van der Waals surface area contributed by atoms with Gasteiger partial charge in [0.1, 0.15) is 0 Å². The summed E-state index contributed by atoms with van der Waals surface area (Å²) in [6.45, 7) is 0.860. The molecular weight excluding hydrogens is 486 g/mol. The summed E-state index contributed by atoms with van der Waals surface area (Å²) in [6.07, 6.45) is 1.42. The minimum Gasteiger partial charge on any atom is -0.459 e. The molecule has 11 heteroatoms. The van der Waals surface area contributed by atoms with Gasteiger partial charge in [-0.2, -0.15) is 0 Å². The van der Waals surface area contributed by atoms with Gasteiger partial charge in [0.15, 0.2) is 12.4 Å². The molecule has 1 fully saturated rings. The van der Waals surface area contributed by atoms with Crippen molar-refractivity contribution in [3.8, 4) is 0 Å². The number of nitrogens with zero attached hydrogens (tertiary/aromatic N) is 2. The van der Waals surface area contributed by atoms with Crippen LogP contribution in [0.2, 0.25) is 0 Å². The first kappa shape index (κ1) is 25.1. The van der Waals surface area contributed by atoms with E-state index in [1.165, 1.54) is 35.4 Å². The Balaban J connectivity index is 1.28. The van der Waals surface area contributed by atoms with Gasteiger partial charge < -0.3 is 19.0 Å². The highest BCUT2D eigenvalue weighted by Crippen LogP contribution is 2.14. The van der Waals surface area contributed by atoms with Gasteiger partial charge in [-0.1, -0.05) is 36.4 Å². The van der Waals surface area contributed by atoms with E-state index in [2.05, 4.69) is 4.72 Å². The Kier molecular flexibility index (Phi) is 7.81. The minimum absolute atomic E-state index is 0.0132. The van der Waals surface area contributed by atoms with Crippen molar-refractivity contribution < 1.29 is 32.0 Å². The molecule has 0 atom stereocenters. The van der Waals surface area contributed by atoms with Crippen LogP contribution in [0, 0.1) is 0 Å². The predicted molar refractivity (Wildman–Crippen MR) is 128 cm³/mol. The third-order valence-electron chi connectivity index (χ3n) is 5.67. The smallest absolute Gasteiger partial charge is 0.338 e. The fraction of sp³-hybridized carbons (Fsp3) is 0.240. The quantitative estimate of drug-likeness (QED) is 0.458. The Morgan fingerprint density at radius 3 is 2.31 bits per heavy atom. The zero-order valence-corrected chi connectivity index (χ0v) is 20.1. The third-order valence-corrected chi connectivity index (χ3v) is 7.07. The highest BCUT2D eigenvalue weighted by atomic mass is 32.2. The van der Waals surface area contributed by atoms with Gasteiger partial charge in [-0.25, -0.2) is 17.9 Å². The third kappa shape index (κ3) is 6.18. The van der Waals surface area contributed by atoms with Crippen molar-refractivity contribution in [2.45, 2.75) is 11.4 Å². The number of benzene rings is 2. The fourth-order valence-electron chi connectivity index (χ4n) is 3.66. The normalized spacial score (nSPS) is 13.9. The van der Waals surface area contributed by atoms with Crippen LogP contribution in [0.3, 0.4) is 0 Å². The number of hydrogen-bond donors (Lipinski definition) is 1. The molecule has 0 radical (unpaired) electrons. The van der Waals surface area contributed by atoms with Crippen LogP contribution in [-0.4, -0.2) is 68.8 Å². The molecule has 36 heavy (non-hydrogen) atoms. The topological polar surface area (TPSA) is 126 Å². The van der Waals surface area contributed by atoms with Crippen LogP contribution >= 0.6 is 0 Å². The highest BCUT2D eigenvalue weighted by Gasteiger charge is 2.26. The van der Waals surface area contributed by atoms with E-state index in [4.69, 9.17) is 9.15 Å². The Bertz CT molecular complexity index is 1320. The molecule has 2 aromatic carbocycles. The lowest BCUT2D eigenvalue weighted by atomic mass is 10.2. The minimum atomic E-state index is -3.86. The van der Waals surface area contributed by atoms with Gasteiger partial charge in [-0.3, -0.25) is 9.59 Å². The van der Waals surface area contributed by atoms with E-state index in [0.717, 1.165) is 5.56 Å². The maximum absolute atomic E-state index is 12.6. The average molecular weight is 512 g/mol. The lowest BCUT2D eigenvalue weighted by Gasteiger charge is -2.34. The van der Waals surface area contributed by atoms with Gasteiger partial charge in [0.25, 0.3) is 11.8 Å². The van der Waals surface area contributed by atoms with Crippen molar-refractivity contribution in [2.75, 3.05) is 32.8 Å². The number of furan rings is 1. The van der Waals surface area contributed by atoms with E-state index in [1.54, 1.807) is 29.2 Å². The molecule has 0 bridgehead atoms. The first-order valence-electron chi connectivity index (χ1n) is 11.2. The van der Waals surface area contributed by atoms with Gasteiger partial charge in [-0.05, 0) is 35.9 Å². The number of rotatable bonds is 8. The van der Waals surface area contributed by atoms with Crippen molar-refractivity contribution in [2.24, 2.45) is 0 Å². The molecule has 3 aromatic rings. The molecule has 1 aromatic heterocycles. The Morgan fingerprint density at radius 1 is 0.889 bits per heavy atom. The second-order valence-corrected chi connectivity index (χ2v) is 9.83. The van der Waals surface area contributed by atoms with Gasteiger partial charge >= 0.3 is 5.97 Å². The standard InChI is InChI=1S/C25H25N3O7S/c29-23(27-11-13-28(14-12-27)24(30)22-10-5-15-34-22)18-35-25(31)20-8-4-9-21(16-20)36(32,33)26-17-19-6-2-1-3-7-19/h1-10,15-16,26H,11-14,17-18H2. The van der Waals surface area contributed by atoms with Crippen LogP contribution in [0.25, 0.3) is 0 Å². The van der Waals surface area contributed by atoms with E-state index in [0.29, 0.717) is 26.2 Å². The maximum atomic E-state index is 12.6. The number of hydrogen-bond acceptors (Lipinski definition) is 7. The molecule has 0 spiro atoms. The van der Waals surface area contributed by atoms with Crippen LogP contribution < -0.4 is 4.72 Å². The molecule has 0 saturated carbocycles. The zero-order valence-electron chi connectivity index (χ0n) is 19.3. The molecule has 2 amide bonds.